The molecule has 0 fully saturated rings. The number of phenols is 2. The Balaban J connectivity index is 0.000000226. The van der Waals surface area contributed by atoms with Crippen LogP contribution in [0.5, 0.6) is 23.0 Å². The van der Waals surface area contributed by atoms with Gasteiger partial charge in [-0.05, 0) is 123 Å². The summed E-state index contributed by atoms with van der Waals surface area (Å²) < 4.78 is 22.7. The van der Waals surface area contributed by atoms with Gasteiger partial charge in [0.25, 0.3) is 0 Å². The molecule has 1 aliphatic heterocycles. The first kappa shape index (κ1) is 46.1. The zero-order valence-electron chi connectivity index (χ0n) is 35.2. The van der Waals surface area contributed by atoms with Crippen molar-refractivity contribution in [1.82, 2.24) is 0 Å². The highest BCUT2D eigenvalue weighted by molar-refractivity contribution is 6.84. The van der Waals surface area contributed by atoms with Crippen LogP contribution < -0.4 is 20.9 Å². The van der Waals surface area contributed by atoms with E-state index in [0.717, 1.165) is 72.9 Å². The van der Waals surface area contributed by atoms with Crippen molar-refractivity contribution in [2.45, 2.75) is 83.2 Å². The number of esters is 2. The molecule has 5 aromatic carbocycles. The van der Waals surface area contributed by atoms with E-state index in [4.69, 9.17) is 25.1 Å². The van der Waals surface area contributed by atoms with Crippen molar-refractivity contribution < 1.29 is 38.1 Å². The van der Waals surface area contributed by atoms with Crippen LogP contribution in [0.2, 0.25) is 38.3 Å². The van der Waals surface area contributed by atoms with Gasteiger partial charge in [-0.3, -0.25) is 0 Å². The molecule has 0 saturated carbocycles. The standard InChI is InChI=1S/C24H40N2O3Si2.C15H16O2.C8H4O3/c1-30(2,17-7-5-15-27-23-13-9-11-21(25)19-23)29-31(3,4)18-8-6-16-28-24-14-10-12-22(26)20-24;1-15(2,11-3-7-13(16)8-4-11)12-5-9-14(17)10-6-12;9-7-5-3-1-2-4-6(5)8(10)11-7/h9-14,19-20H,5-8,15-18,25-26H2,1-4H3;3-10,16-17H,1-2H3;1-4H. The molecule has 0 aromatic heterocycles. The van der Waals surface area contributed by atoms with Crippen molar-refractivity contribution in [2.75, 3.05) is 24.7 Å². The van der Waals surface area contributed by atoms with Crippen molar-refractivity contribution in [3.63, 3.8) is 0 Å². The van der Waals surface area contributed by atoms with Gasteiger partial charge in [-0.1, -0.05) is 75.2 Å². The molecule has 12 heteroatoms. The summed E-state index contributed by atoms with van der Waals surface area (Å²) >= 11 is 0. The monoisotopic (exact) mass is 836 g/mol. The van der Waals surface area contributed by atoms with Gasteiger partial charge in [-0.2, -0.15) is 0 Å². The number of carbonyl (C=O) groups is 2. The van der Waals surface area contributed by atoms with E-state index in [0.29, 0.717) is 11.1 Å². The van der Waals surface area contributed by atoms with Crippen LogP contribution in [-0.4, -0.2) is 52.0 Å². The summed E-state index contributed by atoms with van der Waals surface area (Å²) in [6.45, 7) is 15.1. The van der Waals surface area contributed by atoms with Crippen LogP contribution >= 0.6 is 0 Å². The molecule has 6 N–H and O–H groups in total. The lowest BCUT2D eigenvalue weighted by molar-refractivity contribution is 0.0443. The van der Waals surface area contributed by atoms with E-state index in [2.05, 4.69) is 44.8 Å². The van der Waals surface area contributed by atoms with Gasteiger partial charge in [0.1, 0.15) is 23.0 Å². The Morgan fingerprint density at radius 1 is 0.559 bits per heavy atom. The first-order chi connectivity index (χ1) is 27.9. The number of hydrogen-bond acceptors (Lipinski definition) is 10. The first-order valence-electron chi connectivity index (χ1n) is 20.1. The number of fused-ring (bicyclic) bond motifs is 1. The number of unbranched alkanes of at least 4 members (excludes halogenated alkanes) is 2. The van der Waals surface area contributed by atoms with Crippen LogP contribution in [0.15, 0.2) is 121 Å². The summed E-state index contributed by atoms with van der Waals surface area (Å²) in [5.41, 5.74) is 15.9. The molecule has 59 heavy (non-hydrogen) atoms. The van der Waals surface area contributed by atoms with E-state index >= 15 is 0 Å². The molecule has 0 bridgehead atoms. The highest BCUT2D eigenvalue weighted by atomic mass is 28.4. The lowest BCUT2D eigenvalue weighted by atomic mass is 9.78. The predicted molar refractivity (Wildman–Crippen MR) is 241 cm³/mol. The zero-order valence-corrected chi connectivity index (χ0v) is 37.2. The number of nitrogens with two attached hydrogens (primary N) is 2. The van der Waals surface area contributed by atoms with Gasteiger partial charge in [-0.25, -0.2) is 9.59 Å². The average Bonchev–Trinajstić information content (AvgIpc) is 3.47. The maximum atomic E-state index is 10.8. The Morgan fingerprint density at radius 2 is 0.949 bits per heavy atom. The molecule has 1 aliphatic rings. The summed E-state index contributed by atoms with van der Waals surface area (Å²) in [4.78, 5) is 21.7. The maximum absolute atomic E-state index is 10.8. The van der Waals surface area contributed by atoms with Crippen LogP contribution in [-0.2, 0) is 14.3 Å². The highest BCUT2D eigenvalue weighted by Crippen LogP contribution is 2.33. The number of aromatic hydroxyl groups is 2. The van der Waals surface area contributed by atoms with E-state index < -0.39 is 28.6 Å². The summed E-state index contributed by atoms with van der Waals surface area (Å²) in [6, 6.07) is 38.5. The minimum atomic E-state index is -1.66. The molecule has 0 atom stereocenters. The van der Waals surface area contributed by atoms with Gasteiger partial charge in [0.15, 0.2) is 16.6 Å². The van der Waals surface area contributed by atoms with E-state index in [1.807, 2.05) is 72.8 Å². The minimum Gasteiger partial charge on any atom is -0.508 e. The number of benzene rings is 5. The third-order valence-corrected chi connectivity index (χ3v) is 17.4. The molecule has 10 nitrogen and oxygen atoms in total. The van der Waals surface area contributed by atoms with Gasteiger partial charge in [0.05, 0.1) is 24.3 Å². The second-order valence-corrected chi connectivity index (χ2v) is 25.2. The van der Waals surface area contributed by atoms with Crippen molar-refractivity contribution in [2.24, 2.45) is 0 Å². The number of hydrogen-bond donors (Lipinski definition) is 4. The highest BCUT2D eigenvalue weighted by Gasteiger charge is 2.32. The molecular weight excluding hydrogens is 777 g/mol. The van der Waals surface area contributed by atoms with E-state index in [1.54, 1.807) is 48.5 Å². The molecule has 1 heterocycles. The zero-order chi connectivity index (χ0) is 43.1. The number of ether oxygens (including phenoxy) is 3. The minimum absolute atomic E-state index is 0.151. The predicted octanol–water partition coefficient (Wildman–Crippen LogP) is 10.7. The van der Waals surface area contributed by atoms with Crippen LogP contribution in [0.1, 0.15) is 71.4 Å². The number of cyclic esters (lactones) is 2. The first-order valence-corrected chi connectivity index (χ1v) is 26.3. The molecule has 314 valence electrons. The molecule has 0 saturated heterocycles. The summed E-state index contributed by atoms with van der Waals surface area (Å²) in [7, 11) is -3.33. The summed E-state index contributed by atoms with van der Waals surface area (Å²) in [5.74, 6) is 1.14. The lowest BCUT2D eigenvalue weighted by Crippen LogP contribution is -2.44. The third kappa shape index (κ3) is 15.3. The third-order valence-electron chi connectivity index (χ3n) is 9.88. The number of nitrogen functional groups attached to an aromatic ring is 2. The van der Waals surface area contributed by atoms with Crippen LogP contribution in [0.25, 0.3) is 0 Å². The van der Waals surface area contributed by atoms with Crippen LogP contribution in [0, 0.1) is 0 Å². The second-order valence-electron chi connectivity index (χ2n) is 16.3. The summed E-state index contributed by atoms with van der Waals surface area (Å²) in [6.07, 6.45) is 4.36. The Bertz CT molecular complexity index is 1960. The quantitative estimate of drug-likeness (QED) is 0.0247. The maximum Gasteiger partial charge on any atom is 0.346 e. The molecule has 0 radical (unpaired) electrons. The topological polar surface area (TPSA) is 164 Å². The van der Waals surface area contributed by atoms with Gasteiger partial charge in [0, 0.05) is 28.9 Å². The Kier molecular flexibility index (Phi) is 16.8. The fraction of sp³-hybridized carbons (Fsp3) is 0.319. The van der Waals surface area contributed by atoms with Crippen molar-refractivity contribution >= 4 is 39.9 Å². The smallest absolute Gasteiger partial charge is 0.346 e. The number of rotatable bonds is 16. The van der Waals surface area contributed by atoms with Gasteiger partial charge >= 0.3 is 11.9 Å². The van der Waals surface area contributed by atoms with E-state index in [1.165, 1.54) is 12.1 Å². The van der Waals surface area contributed by atoms with Crippen LogP contribution in [0.4, 0.5) is 11.4 Å². The second kappa shape index (κ2) is 21.4. The van der Waals surface area contributed by atoms with Crippen LogP contribution in [0.3, 0.4) is 0 Å². The fourth-order valence-electron chi connectivity index (χ4n) is 6.70. The molecule has 0 amide bonds. The molecule has 0 aliphatic carbocycles. The molecule has 0 spiro atoms. The average molecular weight is 837 g/mol. The SMILES string of the molecule is CC(C)(c1ccc(O)cc1)c1ccc(O)cc1.C[Si](C)(CCCCOc1cccc(N)c1)O[Si](C)(C)CCCCOc1cccc(N)c1.O=C1OC(=O)c2ccccc21. The van der Waals surface area contributed by atoms with Crippen molar-refractivity contribution in [1.29, 1.82) is 0 Å². The summed E-state index contributed by atoms with van der Waals surface area (Å²) in [5, 5.41) is 18.6. The number of phenolic OH excluding ortho intramolecular Hbond substituents is 2. The van der Waals surface area contributed by atoms with Gasteiger partial charge in [-0.15, -0.1) is 0 Å². The molecule has 0 unspecified atom stereocenters. The number of carbonyl (C=O) groups excluding carboxylic acids is 2. The van der Waals surface area contributed by atoms with E-state index in [9.17, 15) is 19.8 Å². The van der Waals surface area contributed by atoms with E-state index in [-0.39, 0.29) is 16.9 Å². The van der Waals surface area contributed by atoms with Crippen molar-refractivity contribution in [3.8, 4) is 23.0 Å². The Morgan fingerprint density at radius 3 is 1.32 bits per heavy atom. The normalized spacial score (nSPS) is 12.3. The lowest BCUT2D eigenvalue weighted by Gasteiger charge is -2.34. The Hall–Kier alpha value is -5.57. The van der Waals surface area contributed by atoms with Gasteiger partial charge in [0.2, 0.25) is 0 Å². The Labute approximate surface area is 351 Å². The molecule has 5 aromatic rings. The molecule has 6 rings (SSSR count). The number of anilines is 2. The fourth-order valence-corrected chi connectivity index (χ4v) is 15.7. The molecular formula is C47H60N2O8Si2. The van der Waals surface area contributed by atoms with Crippen molar-refractivity contribution in [3.05, 3.63) is 144 Å². The van der Waals surface area contributed by atoms with Gasteiger partial charge < -0.3 is 40.0 Å². The largest absolute Gasteiger partial charge is 0.508 e.